The van der Waals surface area contributed by atoms with Crippen LogP contribution in [0.2, 0.25) is 0 Å². The van der Waals surface area contributed by atoms with Crippen molar-refractivity contribution in [3.05, 3.63) is 82.8 Å². The van der Waals surface area contributed by atoms with Gasteiger partial charge in [-0.2, -0.15) is 0 Å². The van der Waals surface area contributed by atoms with Crippen LogP contribution in [0.15, 0.2) is 60.3 Å². The van der Waals surface area contributed by atoms with Crippen LogP contribution in [0.25, 0.3) is 5.57 Å². The Morgan fingerprint density at radius 3 is 2.68 bits per heavy atom. The molecule has 0 saturated heterocycles. The van der Waals surface area contributed by atoms with Gasteiger partial charge in [0.15, 0.2) is 0 Å². The predicted octanol–water partition coefficient (Wildman–Crippen LogP) is 5.23. The van der Waals surface area contributed by atoms with E-state index in [1.54, 1.807) is 6.08 Å². The fourth-order valence-corrected chi connectivity index (χ4v) is 4.26. The first kappa shape index (κ1) is 21.2. The van der Waals surface area contributed by atoms with Gasteiger partial charge in [0.1, 0.15) is 17.6 Å². The quantitative estimate of drug-likeness (QED) is 0.564. The molecule has 4 nitrogen and oxygen atoms in total. The van der Waals surface area contributed by atoms with Crippen LogP contribution in [0.1, 0.15) is 42.9 Å². The molecule has 31 heavy (non-hydrogen) atoms. The maximum absolute atomic E-state index is 13.0. The van der Waals surface area contributed by atoms with E-state index >= 15 is 0 Å². The zero-order valence-corrected chi connectivity index (χ0v) is 17.8. The Bertz CT molecular complexity index is 1010. The lowest BCUT2D eigenvalue weighted by Crippen LogP contribution is -2.43. The number of carbonyl (C=O) groups is 1. The fraction of sp³-hybridized carbons (Fsp3) is 0.346. The van der Waals surface area contributed by atoms with Crippen molar-refractivity contribution in [3.8, 4) is 5.75 Å². The number of halogens is 1. The number of aliphatic carboxylic acids is 1. The summed E-state index contributed by atoms with van der Waals surface area (Å²) in [6, 6.07) is 12.5. The fourth-order valence-electron chi connectivity index (χ4n) is 4.26. The molecule has 1 aliphatic heterocycles. The second kappa shape index (κ2) is 9.38. The maximum Gasteiger partial charge on any atom is 0.330 e. The van der Waals surface area contributed by atoms with E-state index in [0.29, 0.717) is 13.2 Å². The molecule has 2 aliphatic rings. The molecular formula is C26H28FNO3. The van der Waals surface area contributed by atoms with Crippen LogP contribution >= 0.6 is 0 Å². The standard InChI is InChI=1S/C26H28FNO3/c1-18-21(17-28-14-13-25(28)26(29)30)8-7-20-16-23(11-12-24(18)20)31-15-3-2-4-19-5-9-22(27)10-6-19/h5-6,9-14,16,25H,2-4,7-8,15,17H2,1H3,(H,29,30). The van der Waals surface area contributed by atoms with E-state index in [1.165, 1.54) is 34.4 Å². The van der Waals surface area contributed by atoms with Crippen LogP contribution in [0, 0.1) is 5.82 Å². The minimum absolute atomic E-state index is 0.196. The molecule has 2 aromatic carbocycles. The highest BCUT2D eigenvalue weighted by atomic mass is 19.1. The normalized spacial score (nSPS) is 17.4. The van der Waals surface area contributed by atoms with E-state index in [4.69, 9.17) is 4.74 Å². The van der Waals surface area contributed by atoms with Gasteiger partial charge in [0, 0.05) is 6.54 Å². The number of rotatable bonds is 9. The second-order valence-electron chi connectivity index (χ2n) is 8.28. The van der Waals surface area contributed by atoms with Crippen LogP contribution in [-0.2, 0) is 17.6 Å². The first-order chi connectivity index (χ1) is 15.0. The van der Waals surface area contributed by atoms with Gasteiger partial charge in [-0.25, -0.2) is 9.18 Å². The van der Waals surface area contributed by atoms with Crippen LogP contribution in [0.5, 0.6) is 5.75 Å². The third-order valence-electron chi connectivity index (χ3n) is 6.19. The van der Waals surface area contributed by atoms with Crippen molar-refractivity contribution < 1.29 is 19.0 Å². The van der Waals surface area contributed by atoms with Crippen molar-refractivity contribution in [2.75, 3.05) is 13.2 Å². The number of benzene rings is 2. The van der Waals surface area contributed by atoms with Crippen molar-refractivity contribution >= 4 is 11.5 Å². The predicted molar refractivity (Wildman–Crippen MR) is 119 cm³/mol. The Hall–Kier alpha value is -3.08. The number of aryl methyl sites for hydroxylation is 2. The lowest BCUT2D eigenvalue weighted by Gasteiger charge is -2.35. The number of allylic oxidation sites excluding steroid dienone is 1. The van der Waals surface area contributed by atoms with Gasteiger partial charge in [-0.05, 0) is 103 Å². The Morgan fingerprint density at radius 1 is 1.16 bits per heavy atom. The zero-order chi connectivity index (χ0) is 21.8. The molecule has 1 unspecified atom stereocenters. The van der Waals surface area contributed by atoms with Crippen molar-refractivity contribution in [2.45, 2.75) is 45.1 Å². The van der Waals surface area contributed by atoms with Crippen LogP contribution in [-0.4, -0.2) is 35.2 Å². The average molecular weight is 422 g/mol. The minimum Gasteiger partial charge on any atom is -0.494 e. The lowest BCUT2D eigenvalue weighted by molar-refractivity contribution is -0.141. The molecule has 0 bridgehead atoms. The third-order valence-corrected chi connectivity index (χ3v) is 6.19. The molecule has 1 N–H and O–H groups in total. The highest BCUT2D eigenvalue weighted by Crippen LogP contribution is 2.34. The van der Waals surface area contributed by atoms with Crippen molar-refractivity contribution in [3.63, 3.8) is 0 Å². The average Bonchev–Trinajstić information content (AvgIpc) is 2.73. The smallest absolute Gasteiger partial charge is 0.330 e. The van der Waals surface area contributed by atoms with Crippen molar-refractivity contribution in [1.29, 1.82) is 0 Å². The van der Waals surface area contributed by atoms with E-state index < -0.39 is 12.0 Å². The summed E-state index contributed by atoms with van der Waals surface area (Å²) in [5.74, 6) is -0.0941. The van der Waals surface area contributed by atoms with Crippen molar-refractivity contribution in [2.24, 2.45) is 0 Å². The van der Waals surface area contributed by atoms with Gasteiger partial charge in [0.05, 0.1) is 6.61 Å². The highest BCUT2D eigenvalue weighted by Gasteiger charge is 2.28. The third kappa shape index (κ3) is 4.98. The molecule has 162 valence electrons. The summed E-state index contributed by atoms with van der Waals surface area (Å²) < 4.78 is 18.9. The summed E-state index contributed by atoms with van der Waals surface area (Å²) in [5, 5.41) is 9.22. The van der Waals surface area contributed by atoms with E-state index in [1.807, 2.05) is 29.3 Å². The lowest BCUT2D eigenvalue weighted by atomic mass is 9.85. The van der Waals surface area contributed by atoms with E-state index in [2.05, 4.69) is 19.1 Å². The van der Waals surface area contributed by atoms with E-state index in [-0.39, 0.29) is 5.82 Å². The van der Waals surface area contributed by atoms with Gasteiger partial charge in [-0.1, -0.05) is 18.2 Å². The molecule has 0 radical (unpaired) electrons. The molecule has 4 rings (SSSR count). The monoisotopic (exact) mass is 421 g/mol. The molecule has 0 saturated carbocycles. The summed E-state index contributed by atoms with van der Waals surface area (Å²) in [6.45, 7) is 3.46. The Balaban J connectivity index is 1.29. The molecule has 1 aliphatic carbocycles. The molecule has 0 spiro atoms. The van der Waals surface area contributed by atoms with Gasteiger partial charge in [0.25, 0.3) is 0 Å². The zero-order valence-electron chi connectivity index (χ0n) is 17.8. The Morgan fingerprint density at radius 2 is 1.97 bits per heavy atom. The summed E-state index contributed by atoms with van der Waals surface area (Å²) in [6.07, 6.45) is 8.35. The van der Waals surface area contributed by atoms with Crippen LogP contribution in [0.3, 0.4) is 0 Å². The van der Waals surface area contributed by atoms with E-state index in [9.17, 15) is 14.3 Å². The SMILES string of the molecule is CC1=C(CN2C=CC2C(=O)O)CCc2cc(OCCCCc3ccc(F)cc3)ccc21. The number of ether oxygens (including phenoxy) is 1. The van der Waals surface area contributed by atoms with Crippen molar-refractivity contribution in [1.82, 2.24) is 4.90 Å². The first-order valence-electron chi connectivity index (χ1n) is 10.9. The van der Waals surface area contributed by atoms with Gasteiger partial charge in [0.2, 0.25) is 0 Å². The van der Waals surface area contributed by atoms with Gasteiger partial charge in [-0.15, -0.1) is 0 Å². The number of fused-ring (bicyclic) bond motifs is 1. The molecule has 5 heteroatoms. The van der Waals surface area contributed by atoms with Gasteiger partial charge in [-0.3, -0.25) is 0 Å². The molecule has 0 fully saturated rings. The van der Waals surface area contributed by atoms with Gasteiger partial charge < -0.3 is 14.7 Å². The molecule has 0 aromatic heterocycles. The Kier molecular flexibility index (Phi) is 6.40. The summed E-state index contributed by atoms with van der Waals surface area (Å²) in [5.41, 5.74) is 6.23. The largest absolute Gasteiger partial charge is 0.494 e. The topological polar surface area (TPSA) is 49.8 Å². The Labute approximate surface area is 182 Å². The number of carboxylic acid groups (broad SMARTS) is 1. The summed E-state index contributed by atoms with van der Waals surface area (Å²) in [4.78, 5) is 13.1. The first-order valence-corrected chi connectivity index (χ1v) is 10.9. The molecule has 2 aromatic rings. The second-order valence-corrected chi connectivity index (χ2v) is 8.28. The van der Waals surface area contributed by atoms with Crippen LogP contribution in [0.4, 0.5) is 4.39 Å². The molecular weight excluding hydrogens is 393 g/mol. The number of unbranched alkanes of at least 4 members (excludes halogenated alkanes) is 1. The summed E-state index contributed by atoms with van der Waals surface area (Å²) >= 11 is 0. The molecule has 0 amide bonds. The van der Waals surface area contributed by atoms with E-state index in [0.717, 1.165) is 43.4 Å². The number of carboxylic acids is 1. The van der Waals surface area contributed by atoms with Gasteiger partial charge >= 0.3 is 5.97 Å². The number of hydrogen-bond donors (Lipinski definition) is 1. The maximum atomic E-state index is 13.0. The minimum atomic E-state index is -0.795. The van der Waals surface area contributed by atoms with Crippen LogP contribution < -0.4 is 4.74 Å². The molecule has 1 heterocycles. The highest BCUT2D eigenvalue weighted by molar-refractivity contribution is 5.78. The number of hydrogen-bond acceptors (Lipinski definition) is 3. The molecule has 1 atom stereocenters. The number of nitrogens with zero attached hydrogens (tertiary/aromatic N) is 1. The summed E-state index contributed by atoms with van der Waals surface area (Å²) in [7, 11) is 0.